The standard InChI is InChI=1S/C10H13NO2/c12-4-3-7-1-2-10(13)8(5-7)9-6-11-9/h1-2,5,9,11-13H,3-4,6H2/t9-/m1/s1. The number of hydrogen-bond acceptors (Lipinski definition) is 3. The van der Waals surface area contributed by atoms with Gasteiger partial charge in [-0.25, -0.2) is 0 Å². The highest BCUT2D eigenvalue weighted by molar-refractivity contribution is 5.40. The Bertz CT molecular complexity index is 308. The molecule has 1 fully saturated rings. The van der Waals surface area contributed by atoms with Gasteiger partial charge >= 0.3 is 0 Å². The number of aromatic hydroxyl groups is 1. The van der Waals surface area contributed by atoms with Gasteiger partial charge in [-0.05, 0) is 18.1 Å². The lowest BCUT2D eigenvalue weighted by atomic mass is 10.1. The SMILES string of the molecule is OCCc1ccc(O)c([C@H]2CN2)c1. The fourth-order valence-electron chi connectivity index (χ4n) is 1.45. The van der Waals surface area contributed by atoms with E-state index in [-0.39, 0.29) is 6.61 Å². The summed E-state index contributed by atoms with van der Waals surface area (Å²) >= 11 is 0. The molecule has 0 aliphatic carbocycles. The van der Waals surface area contributed by atoms with Gasteiger partial charge in [-0.15, -0.1) is 0 Å². The number of phenolic OH excluding ortho intramolecular Hbond substituents is 1. The smallest absolute Gasteiger partial charge is 0.120 e. The number of aliphatic hydroxyl groups excluding tert-OH is 1. The summed E-state index contributed by atoms with van der Waals surface area (Å²) in [5, 5.41) is 21.4. The first kappa shape index (κ1) is 8.53. The van der Waals surface area contributed by atoms with Gasteiger partial charge in [0.25, 0.3) is 0 Å². The lowest BCUT2D eigenvalue weighted by Gasteiger charge is -2.04. The minimum Gasteiger partial charge on any atom is -0.508 e. The van der Waals surface area contributed by atoms with Crippen molar-refractivity contribution in [2.24, 2.45) is 0 Å². The van der Waals surface area contributed by atoms with Gasteiger partial charge in [0.05, 0.1) is 0 Å². The molecule has 1 aromatic carbocycles. The Labute approximate surface area is 77.0 Å². The van der Waals surface area contributed by atoms with Gasteiger partial charge < -0.3 is 15.5 Å². The second-order valence-corrected chi connectivity index (χ2v) is 3.33. The maximum Gasteiger partial charge on any atom is 0.120 e. The monoisotopic (exact) mass is 179 g/mol. The van der Waals surface area contributed by atoms with Crippen LogP contribution in [0.3, 0.4) is 0 Å². The lowest BCUT2D eigenvalue weighted by Crippen LogP contribution is -1.93. The van der Waals surface area contributed by atoms with Crippen LogP contribution >= 0.6 is 0 Å². The van der Waals surface area contributed by atoms with Crippen LogP contribution in [0.4, 0.5) is 0 Å². The van der Waals surface area contributed by atoms with Crippen LogP contribution in [-0.2, 0) is 6.42 Å². The van der Waals surface area contributed by atoms with E-state index in [1.54, 1.807) is 6.07 Å². The number of benzene rings is 1. The molecule has 1 saturated heterocycles. The zero-order chi connectivity index (χ0) is 9.26. The Morgan fingerprint density at radius 3 is 2.85 bits per heavy atom. The molecule has 3 N–H and O–H groups in total. The molecule has 13 heavy (non-hydrogen) atoms. The fraction of sp³-hybridized carbons (Fsp3) is 0.400. The largest absolute Gasteiger partial charge is 0.508 e. The van der Waals surface area contributed by atoms with Crippen LogP contribution in [0.15, 0.2) is 18.2 Å². The van der Waals surface area contributed by atoms with E-state index in [0.717, 1.165) is 17.7 Å². The second-order valence-electron chi connectivity index (χ2n) is 3.33. The van der Waals surface area contributed by atoms with Gasteiger partial charge in [-0.2, -0.15) is 0 Å². The molecule has 1 atom stereocenters. The minimum atomic E-state index is 0.155. The third-order valence-corrected chi connectivity index (χ3v) is 2.28. The molecular formula is C10H13NO2. The van der Waals surface area contributed by atoms with Gasteiger partial charge in [0.2, 0.25) is 0 Å². The average molecular weight is 179 g/mol. The topological polar surface area (TPSA) is 62.4 Å². The molecule has 1 heterocycles. The van der Waals surface area contributed by atoms with Gasteiger partial charge in [-0.1, -0.05) is 12.1 Å². The molecule has 70 valence electrons. The van der Waals surface area contributed by atoms with Crippen molar-refractivity contribution in [3.05, 3.63) is 29.3 Å². The van der Waals surface area contributed by atoms with Gasteiger partial charge in [-0.3, -0.25) is 0 Å². The predicted octanol–water partition coefficient (Wildman–Crippen LogP) is 0.571. The van der Waals surface area contributed by atoms with Gasteiger partial charge in [0.1, 0.15) is 5.75 Å². The molecule has 0 radical (unpaired) electrons. The number of phenols is 1. The van der Waals surface area contributed by atoms with E-state index in [2.05, 4.69) is 5.32 Å². The van der Waals surface area contributed by atoms with Gasteiger partial charge in [0, 0.05) is 24.8 Å². The number of aliphatic hydroxyl groups is 1. The molecule has 1 aliphatic heterocycles. The number of nitrogens with one attached hydrogen (secondary N) is 1. The van der Waals surface area contributed by atoms with Crippen molar-refractivity contribution in [3.63, 3.8) is 0 Å². The molecule has 0 saturated carbocycles. The van der Waals surface area contributed by atoms with Crippen molar-refractivity contribution in [2.45, 2.75) is 12.5 Å². The van der Waals surface area contributed by atoms with Gasteiger partial charge in [0.15, 0.2) is 0 Å². The molecule has 0 bridgehead atoms. The van der Waals surface area contributed by atoms with Crippen LogP contribution in [0.5, 0.6) is 5.75 Å². The van der Waals surface area contributed by atoms with E-state index in [1.165, 1.54) is 0 Å². The summed E-state index contributed by atoms with van der Waals surface area (Å²) < 4.78 is 0. The van der Waals surface area contributed by atoms with Crippen LogP contribution in [0.2, 0.25) is 0 Å². The molecule has 3 heteroatoms. The molecule has 2 rings (SSSR count). The summed E-state index contributed by atoms with van der Waals surface area (Å²) in [7, 11) is 0. The highest BCUT2D eigenvalue weighted by Crippen LogP contribution is 2.30. The van der Waals surface area contributed by atoms with Crippen molar-refractivity contribution >= 4 is 0 Å². The molecule has 0 aromatic heterocycles. The summed E-state index contributed by atoms with van der Waals surface area (Å²) in [4.78, 5) is 0. The highest BCUT2D eigenvalue weighted by atomic mass is 16.3. The molecule has 1 aromatic rings. The zero-order valence-electron chi connectivity index (χ0n) is 7.33. The first-order valence-corrected chi connectivity index (χ1v) is 4.47. The van der Waals surface area contributed by atoms with E-state index in [9.17, 15) is 5.11 Å². The van der Waals surface area contributed by atoms with E-state index >= 15 is 0 Å². The summed E-state index contributed by atoms with van der Waals surface area (Å²) in [6.45, 7) is 1.10. The maximum absolute atomic E-state index is 9.51. The van der Waals surface area contributed by atoms with Crippen molar-refractivity contribution in [3.8, 4) is 5.75 Å². The Kier molecular flexibility index (Phi) is 2.20. The van der Waals surface area contributed by atoms with Crippen molar-refractivity contribution in [1.82, 2.24) is 5.32 Å². The normalized spacial score (nSPS) is 20.2. The third kappa shape index (κ3) is 1.82. The molecule has 3 nitrogen and oxygen atoms in total. The molecule has 0 spiro atoms. The predicted molar refractivity (Wildman–Crippen MR) is 49.6 cm³/mol. The van der Waals surface area contributed by atoms with E-state index in [4.69, 9.17) is 5.11 Å². The first-order chi connectivity index (χ1) is 6.31. The average Bonchev–Trinajstić information content (AvgIpc) is 2.92. The van der Waals surface area contributed by atoms with Crippen LogP contribution in [-0.4, -0.2) is 23.4 Å². The summed E-state index contributed by atoms with van der Waals surface area (Å²) in [5.41, 5.74) is 2.02. The summed E-state index contributed by atoms with van der Waals surface area (Å²) in [5.74, 6) is 0.344. The number of rotatable bonds is 3. The van der Waals surface area contributed by atoms with Crippen LogP contribution in [0.1, 0.15) is 17.2 Å². The van der Waals surface area contributed by atoms with E-state index in [0.29, 0.717) is 18.2 Å². The molecule has 0 unspecified atom stereocenters. The van der Waals surface area contributed by atoms with E-state index < -0.39 is 0 Å². The summed E-state index contributed by atoms with van der Waals surface area (Å²) in [6, 6.07) is 5.81. The fourth-order valence-corrected chi connectivity index (χ4v) is 1.45. The maximum atomic E-state index is 9.51. The van der Waals surface area contributed by atoms with Crippen molar-refractivity contribution in [1.29, 1.82) is 0 Å². The Morgan fingerprint density at radius 2 is 2.23 bits per heavy atom. The van der Waals surface area contributed by atoms with Crippen LogP contribution in [0.25, 0.3) is 0 Å². The number of hydrogen-bond donors (Lipinski definition) is 3. The summed E-state index contributed by atoms with van der Waals surface area (Å²) in [6.07, 6.45) is 0.653. The lowest BCUT2D eigenvalue weighted by molar-refractivity contribution is 0.299. The third-order valence-electron chi connectivity index (χ3n) is 2.28. The van der Waals surface area contributed by atoms with Crippen LogP contribution in [0, 0.1) is 0 Å². The Morgan fingerprint density at radius 1 is 1.46 bits per heavy atom. The second kappa shape index (κ2) is 3.36. The molecule has 1 aliphatic rings. The highest BCUT2D eigenvalue weighted by Gasteiger charge is 2.25. The molecular weight excluding hydrogens is 166 g/mol. The molecule has 0 amide bonds. The van der Waals surface area contributed by atoms with Crippen molar-refractivity contribution < 1.29 is 10.2 Å². The van der Waals surface area contributed by atoms with Crippen molar-refractivity contribution in [2.75, 3.05) is 13.2 Å². The van der Waals surface area contributed by atoms with E-state index in [1.807, 2.05) is 12.1 Å². The Balaban J connectivity index is 2.25. The quantitative estimate of drug-likeness (QED) is 0.594. The minimum absolute atomic E-state index is 0.155. The van der Waals surface area contributed by atoms with Crippen LogP contribution < -0.4 is 5.32 Å². The zero-order valence-corrected chi connectivity index (χ0v) is 7.33. The first-order valence-electron chi connectivity index (χ1n) is 4.47. The Hall–Kier alpha value is -1.06.